The van der Waals surface area contributed by atoms with E-state index in [1.807, 2.05) is 18.0 Å². The number of aromatic nitrogens is 2. The van der Waals surface area contributed by atoms with Gasteiger partial charge in [0.25, 0.3) is 0 Å². The van der Waals surface area contributed by atoms with E-state index in [2.05, 4.69) is 32.9 Å². The summed E-state index contributed by atoms with van der Waals surface area (Å²) >= 11 is 3.54. The fraction of sp³-hybridized carbons (Fsp3) is 0.556. The van der Waals surface area contributed by atoms with Crippen molar-refractivity contribution in [1.82, 2.24) is 14.7 Å². The summed E-state index contributed by atoms with van der Waals surface area (Å²) in [6.45, 7) is 0.920. The van der Waals surface area contributed by atoms with E-state index in [1.165, 1.54) is 0 Å². The van der Waals surface area contributed by atoms with Gasteiger partial charge in [0, 0.05) is 37.7 Å². The molecular formula is C18H22BrN3O2. The lowest BCUT2D eigenvalue weighted by atomic mass is 9.72. The predicted molar refractivity (Wildman–Crippen MR) is 96.2 cm³/mol. The van der Waals surface area contributed by atoms with Crippen molar-refractivity contribution in [3.05, 3.63) is 22.8 Å². The maximum atomic E-state index is 11.9. The Labute approximate surface area is 150 Å². The van der Waals surface area contributed by atoms with E-state index in [9.17, 15) is 4.79 Å². The van der Waals surface area contributed by atoms with Gasteiger partial charge in [0.1, 0.15) is 5.75 Å². The molecule has 1 amide bonds. The standard InChI is InChI=1S/C18H22BrN3O2/c1-21-11-18(9-17(21)23)5-3-13(4-6-18)22-10-12-7-14(19)16(24-2)8-15(12)20-22/h7-8,10,13H,3-6,9,11H2,1-2H3/t13-,18-. The van der Waals surface area contributed by atoms with Gasteiger partial charge in [-0.3, -0.25) is 9.48 Å². The molecule has 1 aliphatic heterocycles. The first-order chi connectivity index (χ1) is 11.5. The zero-order valence-corrected chi connectivity index (χ0v) is 15.7. The molecule has 1 saturated carbocycles. The SMILES string of the molecule is COc1cc2nn([C@H]3CC[C@]4(CC3)CC(=O)N(C)C4)cc2cc1Br. The summed E-state index contributed by atoms with van der Waals surface area (Å²) in [5.74, 6) is 1.11. The molecule has 128 valence electrons. The fourth-order valence-electron chi connectivity index (χ4n) is 4.30. The Morgan fingerprint density at radius 2 is 2.08 bits per heavy atom. The van der Waals surface area contributed by atoms with Crippen LogP contribution in [0.15, 0.2) is 22.8 Å². The van der Waals surface area contributed by atoms with Crippen molar-refractivity contribution < 1.29 is 9.53 Å². The lowest BCUT2D eigenvalue weighted by Crippen LogP contribution is -2.31. The topological polar surface area (TPSA) is 47.4 Å². The number of amides is 1. The van der Waals surface area contributed by atoms with Crippen LogP contribution in [0.3, 0.4) is 0 Å². The molecule has 2 heterocycles. The van der Waals surface area contributed by atoms with E-state index in [-0.39, 0.29) is 5.41 Å². The molecule has 1 spiro atoms. The Bertz CT molecular complexity index is 793. The number of benzene rings is 1. The van der Waals surface area contributed by atoms with Crippen molar-refractivity contribution in [2.45, 2.75) is 38.1 Å². The van der Waals surface area contributed by atoms with E-state index in [4.69, 9.17) is 9.84 Å². The highest BCUT2D eigenvalue weighted by molar-refractivity contribution is 9.10. The molecule has 1 saturated heterocycles. The van der Waals surface area contributed by atoms with Crippen LogP contribution >= 0.6 is 15.9 Å². The first-order valence-electron chi connectivity index (χ1n) is 8.46. The third-order valence-electron chi connectivity index (χ3n) is 5.71. The van der Waals surface area contributed by atoms with Gasteiger partial charge in [-0.15, -0.1) is 0 Å². The van der Waals surface area contributed by atoms with E-state index in [0.717, 1.165) is 59.8 Å². The van der Waals surface area contributed by atoms with Crippen molar-refractivity contribution in [3.8, 4) is 5.75 Å². The predicted octanol–water partition coefficient (Wildman–Crippen LogP) is 3.77. The Morgan fingerprint density at radius 1 is 1.33 bits per heavy atom. The maximum absolute atomic E-state index is 11.9. The zero-order valence-electron chi connectivity index (χ0n) is 14.1. The minimum absolute atomic E-state index is 0.209. The average Bonchev–Trinajstić information content (AvgIpc) is 3.08. The molecule has 0 unspecified atom stereocenters. The number of hydrogen-bond acceptors (Lipinski definition) is 3. The van der Waals surface area contributed by atoms with Crippen LogP contribution in [-0.2, 0) is 4.79 Å². The monoisotopic (exact) mass is 391 g/mol. The molecule has 1 aromatic carbocycles. The van der Waals surface area contributed by atoms with Crippen LogP contribution in [-0.4, -0.2) is 41.3 Å². The molecule has 0 atom stereocenters. The van der Waals surface area contributed by atoms with Crippen molar-refractivity contribution in [2.24, 2.45) is 5.41 Å². The number of likely N-dealkylation sites (tertiary alicyclic amines) is 1. The third-order valence-corrected chi connectivity index (χ3v) is 6.33. The van der Waals surface area contributed by atoms with E-state index in [1.54, 1.807) is 7.11 Å². The molecule has 0 N–H and O–H groups in total. The Balaban J connectivity index is 1.53. The lowest BCUT2D eigenvalue weighted by molar-refractivity contribution is -0.126. The highest BCUT2D eigenvalue weighted by atomic mass is 79.9. The van der Waals surface area contributed by atoms with Crippen molar-refractivity contribution >= 4 is 32.7 Å². The average molecular weight is 392 g/mol. The van der Waals surface area contributed by atoms with Crippen LogP contribution in [0.2, 0.25) is 0 Å². The normalized spacial score (nSPS) is 27.4. The van der Waals surface area contributed by atoms with Gasteiger partial charge in [-0.05, 0) is 53.1 Å². The number of hydrogen-bond donors (Lipinski definition) is 0. The Morgan fingerprint density at radius 3 is 2.71 bits per heavy atom. The van der Waals surface area contributed by atoms with Crippen LogP contribution in [0, 0.1) is 5.41 Å². The van der Waals surface area contributed by atoms with Crippen LogP contribution in [0.1, 0.15) is 38.1 Å². The van der Waals surface area contributed by atoms with Gasteiger partial charge >= 0.3 is 0 Å². The number of ether oxygens (including phenoxy) is 1. The van der Waals surface area contributed by atoms with Crippen LogP contribution in [0.25, 0.3) is 10.9 Å². The molecule has 2 aromatic rings. The second-order valence-electron chi connectivity index (χ2n) is 7.31. The van der Waals surface area contributed by atoms with Crippen LogP contribution in [0.4, 0.5) is 0 Å². The number of carbonyl (C=O) groups excluding carboxylic acids is 1. The lowest BCUT2D eigenvalue weighted by Gasteiger charge is -2.36. The van der Waals surface area contributed by atoms with Crippen LogP contribution < -0.4 is 4.74 Å². The molecule has 5 nitrogen and oxygen atoms in total. The first-order valence-corrected chi connectivity index (χ1v) is 9.25. The Hall–Kier alpha value is -1.56. The largest absolute Gasteiger partial charge is 0.495 e. The molecule has 24 heavy (non-hydrogen) atoms. The second kappa shape index (κ2) is 5.76. The van der Waals surface area contributed by atoms with Gasteiger partial charge in [0.05, 0.1) is 23.1 Å². The van der Waals surface area contributed by atoms with Gasteiger partial charge in [0.2, 0.25) is 5.91 Å². The molecule has 0 bridgehead atoms. The molecule has 1 aromatic heterocycles. The van der Waals surface area contributed by atoms with E-state index >= 15 is 0 Å². The summed E-state index contributed by atoms with van der Waals surface area (Å²) < 4.78 is 8.42. The van der Waals surface area contributed by atoms with Crippen LogP contribution in [0.5, 0.6) is 5.75 Å². The van der Waals surface area contributed by atoms with Crippen molar-refractivity contribution in [1.29, 1.82) is 0 Å². The third kappa shape index (κ3) is 2.61. The second-order valence-corrected chi connectivity index (χ2v) is 8.17. The van der Waals surface area contributed by atoms with Gasteiger partial charge in [0.15, 0.2) is 0 Å². The molecule has 2 aliphatic rings. The molecule has 1 aliphatic carbocycles. The zero-order chi connectivity index (χ0) is 16.9. The summed E-state index contributed by atoms with van der Waals surface area (Å²) in [4.78, 5) is 13.8. The van der Waals surface area contributed by atoms with Gasteiger partial charge in [-0.1, -0.05) is 0 Å². The first kappa shape index (κ1) is 15.9. The molecule has 0 radical (unpaired) electrons. The van der Waals surface area contributed by atoms with Crippen molar-refractivity contribution in [3.63, 3.8) is 0 Å². The smallest absolute Gasteiger partial charge is 0.222 e. The minimum Gasteiger partial charge on any atom is -0.495 e. The molecule has 2 fully saturated rings. The highest BCUT2D eigenvalue weighted by Gasteiger charge is 2.44. The molecule has 6 heteroatoms. The number of rotatable bonds is 2. The van der Waals surface area contributed by atoms with Gasteiger partial charge < -0.3 is 9.64 Å². The summed E-state index contributed by atoms with van der Waals surface area (Å²) in [6.07, 6.45) is 7.25. The number of methoxy groups -OCH3 is 1. The van der Waals surface area contributed by atoms with E-state index < -0.39 is 0 Å². The maximum Gasteiger partial charge on any atom is 0.222 e. The van der Waals surface area contributed by atoms with E-state index in [0.29, 0.717) is 11.9 Å². The fourth-order valence-corrected chi connectivity index (χ4v) is 4.83. The summed E-state index contributed by atoms with van der Waals surface area (Å²) in [5, 5.41) is 5.89. The number of fused-ring (bicyclic) bond motifs is 1. The Kier molecular flexibility index (Phi) is 3.82. The summed E-state index contributed by atoms with van der Waals surface area (Å²) in [6, 6.07) is 4.46. The summed E-state index contributed by atoms with van der Waals surface area (Å²) in [7, 11) is 3.60. The summed E-state index contributed by atoms with van der Waals surface area (Å²) in [5.41, 5.74) is 1.17. The molecule has 4 rings (SSSR count). The van der Waals surface area contributed by atoms with Crippen molar-refractivity contribution in [2.75, 3.05) is 20.7 Å². The number of nitrogens with zero attached hydrogens (tertiary/aromatic N) is 3. The molecular weight excluding hydrogens is 370 g/mol. The number of halogens is 1. The van der Waals surface area contributed by atoms with Gasteiger partial charge in [-0.2, -0.15) is 5.10 Å². The highest BCUT2D eigenvalue weighted by Crippen LogP contribution is 2.47. The quantitative estimate of drug-likeness (QED) is 0.782. The number of carbonyl (C=O) groups is 1. The van der Waals surface area contributed by atoms with Gasteiger partial charge in [-0.25, -0.2) is 0 Å². The minimum atomic E-state index is 0.209.